The fourth-order valence-electron chi connectivity index (χ4n) is 1.88. The van der Waals surface area contributed by atoms with Gasteiger partial charge < -0.3 is 10.6 Å². The van der Waals surface area contributed by atoms with Gasteiger partial charge in [-0.05, 0) is 38.7 Å². The number of hydrogen-bond donors (Lipinski definition) is 2. The fourth-order valence-corrected chi connectivity index (χ4v) is 2.37. The highest BCUT2D eigenvalue weighted by atomic mass is 32.2. The molecule has 0 aliphatic rings. The Kier molecular flexibility index (Phi) is 7.73. The third-order valence-electron chi connectivity index (χ3n) is 3.09. The monoisotopic (exact) mass is 296 g/mol. The molecule has 114 valence electrons. The lowest BCUT2D eigenvalue weighted by molar-refractivity contribution is 0.768. The van der Waals surface area contributed by atoms with Crippen molar-refractivity contribution >= 4 is 23.4 Å². The second-order valence-electron chi connectivity index (χ2n) is 5.22. The Morgan fingerprint density at radius 1 is 1.10 bits per heavy atom. The van der Waals surface area contributed by atoms with Crippen molar-refractivity contribution in [2.45, 2.75) is 46.5 Å². The zero-order valence-electron chi connectivity index (χ0n) is 13.4. The second-order valence-corrected chi connectivity index (χ2v) is 6.20. The van der Waals surface area contributed by atoms with Crippen LogP contribution in [0.5, 0.6) is 0 Å². The highest BCUT2D eigenvalue weighted by Gasteiger charge is 2.12. The zero-order valence-corrected chi connectivity index (χ0v) is 14.2. The summed E-state index contributed by atoms with van der Waals surface area (Å²) in [7, 11) is 0. The van der Waals surface area contributed by atoms with E-state index in [2.05, 4.69) is 54.6 Å². The fraction of sp³-hybridized carbons (Fsp3) is 0.733. The number of nitrogens with zero attached hydrogens (tertiary/aromatic N) is 2. The highest BCUT2D eigenvalue weighted by molar-refractivity contribution is 7.98. The second kappa shape index (κ2) is 9.06. The van der Waals surface area contributed by atoms with Gasteiger partial charge in [0.2, 0.25) is 0 Å². The average molecular weight is 296 g/mol. The van der Waals surface area contributed by atoms with E-state index < -0.39 is 0 Å². The summed E-state index contributed by atoms with van der Waals surface area (Å²) < 4.78 is 0. The van der Waals surface area contributed by atoms with Crippen molar-refractivity contribution in [2.75, 3.05) is 35.7 Å². The summed E-state index contributed by atoms with van der Waals surface area (Å²) in [5.74, 6) is 4.40. The molecule has 1 heterocycles. The van der Waals surface area contributed by atoms with E-state index in [0.29, 0.717) is 5.92 Å². The molecular formula is C15H28N4S. The van der Waals surface area contributed by atoms with E-state index in [1.807, 2.05) is 11.8 Å². The maximum atomic E-state index is 4.67. The number of unbranched alkanes of at least 4 members (excludes halogenated alkanes) is 1. The Balaban J connectivity index is 2.76. The van der Waals surface area contributed by atoms with Gasteiger partial charge in [-0.1, -0.05) is 13.8 Å². The summed E-state index contributed by atoms with van der Waals surface area (Å²) in [5, 5.41) is 6.79. The minimum absolute atomic E-state index is 0.338. The molecule has 0 bridgehead atoms. The van der Waals surface area contributed by atoms with Gasteiger partial charge in [0.05, 0.1) is 0 Å². The number of thioether (sulfide) groups is 1. The quantitative estimate of drug-likeness (QED) is 0.677. The van der Waals surface area contributed by atoms with Gasteiger partial charge in [0, 0.05) is 24.6 Å². The van der Waals surface area contributed by atoms with Crippen molar-refractivity contribution in [3.8, 4) is 0 Å². The van der Waals surface area contributed by atoms with Gasteiger partial charge in [0.25, 0.3) is 0 Å². The SMILES string of the molecule is CCNc1nc(C(C)C)nc(NCCCCSC)c1C. The molecule has 4 nitrogen and oxygen atoms in total. The van der Waals surface area contributed by atoms with E-state index in [0.717, 1.165) is 36.1 Å². The topological polar surface area (TPSA) is 49.8 Å². The first-order valence-corrected chi connectivity index (χ1v) is 8.84. The van der Waals surface area contributed by atoms with Gasteiger partial charge in [-0.3, -0.25) is 0 Å². The number of aromatic nitrogens is 2. The molecule has 0 aliphatic carbocycles. The summed E-state index contributed by atoms with van der Waals surface area (Å²) >= 11 is 1.90. The van der Waals surface area contributed by atoms with Crippen LogP contribution in [0.15, 0.2) is 0 Å². The molecule has 0 unspecified atom stereocenters. The van der Waals surface area contributed by atoms with E-state index in [9.17, 15) is 0 Å². The summed E-state index contributed by atoms with van der Waals surface area (Å²) in [6.07, 6.45) is 4.58. The Hall–Kier alpha value is -0.970. The number of rotatable bonds is 9. The number of hydrogen-bond acceptors (Lipinski definition) is 5. The van der Waals surface area contributed by atoms with Crippen LogP contribution in [0.2, 0.25) is 0 Å². The molecule has 0 radical (unpaired) electrons. The third-order valence-corrected chi connectivity index (χ3v) is 3.79. The van der Waals surface area contributed by atoms with Gasteiger partial charge in [-0.25, -0.2) is 9.97 Å². The van der Waals surface area contributed by atoms with Crippen LogP contribution >= 0.6 is 11.8 Å². The molecule has 0 aromatic carbocycles. The molecule has 2 N–H and O–H groups in total. The van der Waals surface area contributed by atoms with E-state index in [4.69, 9.17) is 0 Å². The van der Waals surface area contributed by atoms with Crippen molar-refractivity contribution < 1.29 is 0 Å². The summed E-state index contributed by atoms with van der Waals surface area (Å²) in [5.41, 5.74) is 1.11. The van der Waals surface area contributed by atoms with Crippen molar-refractivity contribution in [3.05, 3.63) is 11.4 Å². The minimum Gasteiger partial charge on any atom is -0.370 e. The standard InChI is InChI=1S/C15H28N4S/c1-6-16-14-12(4)15(17-9-7-8-10-20-5)19-13(18-14)11(2)3/h11H,6-10H2,1-5H3,(H2,16,17,18,19). The number of anilines is 2. The lowest BCUT2D eigenvalue weighted by Gasteiger charge is -2.15. The van der Waals surface area contributed by atoms with Crippen LogP contribution in [-0.2, 0) is 0 Å². The maximum absolute atomic E-state index is 4.67. The molecule has 0 amide bonds. The lowest BCUT2D eigenvalue weighted by atomic mass is 10.2. The Morgan fingerprint density at radius 3 is 2.30 bits per heavy atom. The van der Waals surface area contributed by atoms with E-state index >= 15 is 0 Å². The highest BCUT2D eigenvalue weighted by Crippen LogP contribution is 2.23. The van der Waals surface area contributed by atoms with Gasteiger partial charge in [-0.2, -0.15) is 11.8 Å². The molecule has 1 aromatic rings. The van der Waals surface area contributed by atoms with Gasteiger partial charge in [-0.15, -0.1) is 0 Å². The molecule has 0 spiro atoms. The average Bonchev–Trinajstić information content (AvgIpc) is 2.42. The van der Waals surface area contributed by atoms with Gasteiger partial charge >= 0.3 is 0 Å². The molecule has 0 atom stereocenters. The smallest absolute Gasteiger partial charge is 0.135 e. The number of nitrogens with one attached hydrogen (secondary N) is 2. The zero-order chi connectivity index (χ0) is 15.0. The lowest BCUT2D eigenvalue weighted by Crippen LogP contribution is -2.12. The van der Waals surface area contributed by atoms with Crippen molar-refractivity contribution in [1.82, 2.24) is 9.97 Å². The Morgan fingerprint density at radius 2 is 1.75 bits per heavy atom. The van der Waals surface area contributed by atoms with Crippen LogP contribution in [0.25, 0.3) is 0 Å². The first-order valence-electron chi connectivity index (χ1n) is 7.45. The first-order chi connectivity index (χ1) is 9.60. The van der Waals surface area contributed by atoms with Crippen molar-refractivity contribution in [2.24, 2.45) is 0 Å². The van der Waals surface area contributed by atoms with E-state index in [1.165, 1.54) is 18.6 Å². The van der Waals surface area contributed by atoms with Crippen LogP contribution in [0, 0.1) is 6.92 Å². The first kappa shape index (κ1) is 17.1. The van der Waals surface area contributed by atoms with Crippen LogP contribution in [0.1, 0.15) is 50.9 Å². The minimum atomic E-state index is 0.338. The largest absolute Gasteiger partial charge is 0.370 e. The van der Waals surface area contributed by atoms with Gasteiger partial charge in [0.1, 0.15) is 17.5 Å². The molecule has 0 aliphatic heterocycles. The summed E-state index contributed by atoms with van der Waals surface area (Å²) in [6, 6.07) is 0. The predicted molar refractivity (Wildman–Crippen MR) is 91.1 cm³/mol. The van der Waals surface area contributed by atoms with Crippen LogP contribution in [0.4, 0.5) is 11.6 Å². The molecule has 0 saturated carbocycles. The van der Waals surface area contributed by atoms with Crippen LogP contribution in [-0.4, -0.2) is 35.1 Å². The third kappa shape index (κ3) is 5.19. The molecule has 0 fully saturated rings. The summed E-state index contributed by atoms with van der Waals surface area (Å²) in [4.78, 5) is 9.28. The van der Waals surface area contributed by atoms with E-state index in [-0.39, 0.29) is 0 Å². The molecule has 0 saturated heterocycles. The molecule has 1 aromatic heterocycles. The van der Waals surface area contributed by atoms with Crippen LogP contribution < -0.4 is 10.6 Å². The Labute approximate surface area is 127 Å². The summed E-state index contributed by atoms with van der Waals surface area (Å²) in [6.45, 7) is 10.3. The Bertz CT molecular complexity index is 407. The van der Waals surface area contributed by atoms with Crippen LogP contribution in [0.3, 0.4) is 0 Å². The van der Waals surface area contributed by atoms with Crippen molar-refractivity contribution in [1.29, 1.82) is 0 Å². The van der Waals surface area contributed by atoms with Gasteiger partial charge in [0.15, 0.2) is 0 Å². The molecule has 1 rings (SSSR count). The van der Waals surface area contributed by atoms with Crippen molar-refractivity contribution in [3.63, 3.8) is 0 Å². The predicted octanol–water partition coefficient (Wildman–Crippen LogP) is 3.90. The van der Waals surface area contributed by atoms with E-state index in [1.54, 1.807) is 0 Å². The molecule has 5 heteroatoms. The molecular weight excluding hydrogens is 268 g/mol. The normalized spacial score (nSPS) is 10.9. The molecule has 20 heavy (non-hydrogen) atoms. The maximum Gasteiger partial charge on any atom is 0.135 e.